The molecule has 0 aromatic heterocycles. The summed E-state index contributed by atoms with van der Waals surface area (Å²) in [4.78, 5) is 21.2. The SMILES string of the molecule is CCCCOC(CC=O)CC(=O)OC. The number of aldehydes is 1. The summed E-state index contributed by atoms with van der Waals surface area (Å²) in [5.74, 6) is -0.339. The highest BCUT2D eigenvalue weighted by atomic mass is 16.5. The molecule has 0 aliphatic carbocycles. The predicted octanol–water partition coefficient (Wildman–Crippen LogP) is 1.32. The summed E-state index contributed by atoms with van der Waals surface area (Å²) in [5, 5.41) is 0. The van der Waals surface area contributed by atoms with Crippen molar-refractivity contribution in [3.63, 3.8) is 0 Å². The first-order valence-electron chi connectivity index (χ1n) is 4.86. The van der Waals surface area contributed by atoms with Gasteiger partial charge in [0.15, 0.2) is 0 Å². The van der Waals surface area contributed by atoms with Crippen molar-refractivity contribution in [1.82, 2.24) is 0 Å². The lowest BCUT2D eigenvalue weighted by Crippen LogP contribution is -2.19. The number of hydrogen-bond acceptors (Lipinski definition) is 4. The van der Waals surface area contributed by atoms with E-state index in [9.17, 15) is 9.59 Å². The van der Waals surface area contributed by atoms with Crippen LogP contribution in [0.1, 0.15) is 32.6 Å². The molecule has 0 bridgehead atoms. The number of carbonyl (C=O) groups excluding carboxylic acids is 2. The molecule has 0 aromatic carbocycles. The van der Waals surface area contributed by atoms with Gasteiger partial charge in [-0.25, -0.2) is 0 Å². The Morgan fingerprint density at radius 1 is 1.50 bits per heavy atom. The normalized spacial score (nSPS) is 12.1. The molecule has 0 rings (SSSR count). The van der Waals surface area contributed by atoms with Crippen molar-refractivity contribution < 1.29 is 19.1 Å². The van der Waals surface area contributed by atoms with Crippen molar-refractivity contribution in [3.8, 4) is 0 Å². The first-order chi connectivity index (χ1) is 6.74. The smallest absolute Gasteiger partial charge is 0.308 e. The second kappa shape index (κ2) is 8.69. The van der Waals surface area contributed by atoms with Crippen LogP contribution in [0.4, 0.5) is 0 Å². The van der Waals surface area contributed by atoms with Gasteiger partial charge in [-0.3, -0.25) is 4.79 Å². The maximum Gasteiger partial charge on any atom is 0.308 e. The van der Waals surface area contributed by atoms with Crippen LogP contribution >= 0.6 is 0 Å². The van der Waals surface area contributed by atoms with Crippen molar-refractivity contribution in [2.45, 2.75) is 38.7 Å². The summed E-state index contributed by atoms with van der Waals surface area (Å²) in [6, 6.07) is 0. The Balaban J connectivity index is 3.76. The van der Waals surface area contributed by atoms with Gasteiger partial charge in [0.05, 0.1) is 19.6 Å². The molecule has 4 heteroatoms. The van der Waals surface area contributed by atoms with E-state index in [0.29, 0.717) is 6.61 Å². The zero-order valence-corrected chi connectivity index (χ0v) is 8.82. The molecule has 0 aliphatic rings. The number of carbonyl (C=O) groups is 2. The van der Waals surface area contributed by atoms with Gasteiger partial charge in [0.25, 0.3) is 0 Å². The average molecular weight is 202 g/mol. The molecule has 0 fully saturated rings. The molecule has 4 nitrogen and oxygen atoms in total. The maximum absolute atomic E-state index is 10.9. The van der Waals surface area contributed by atoms with Crippen LogP contribution < -0.4 is 0 Å². The lowest BCUT2D eigenvalue weighted by molar-refractivity contribution is -0.144. The van der Waals surface area contributed by atoms with Crippen LogP contribution in [0.5, 0.6) is 0 Å². The molecule has 82 valence electrons. The molecule has 1 unspecified atom stereocenters. The molecular weight excluding hydrogens is 184 g/mol. The molecule has 14 heavy (non-hydrogen) atoms. The van der Waals surface area contributed by atoms with Gasteiger partial charge in [-0.1, -0.05) is 13.3 Å². The molecule has 0 radical (unpaired) electrons. The Kier molecular flexibility index (Phi) is 8.13. The van der Waals surface area contributed by atoms with E-state index in [0.717, 1.165) is 19.1 Å². The molecule has 0 heterocycles. The Morgan fingerprint density at radius 2 is 2.21 bits per heavy atom. The minimum Gasteiger partial charge on any atom is -0.469 e. The molecule has 0 spiro atoms. The first-order valence-corrected chi connectivity index (χ1v) is 4.86. The van der Waals surface area contributed by atoms with Gasteiger partial charge < -0.3 is 14.3 Å². The average Bonchev–Trinajstić information content (AvgIpc) is 2.18. The van der Waals surface area contributed by atoms with E-state index in [-0.39, 0.29) is 24.9 Å². The van der Waals surface area contributed by atoms with Crippen LogP contribution in [-0.2, 0) is 19.1 Å². The van der Waals surface area contributed by atoms with Gasteiger partial charge in [-0.15, -0.1) is 0 Å². The van der Waals surface area contributed by atoms with Gasteiger partial charge >= 0.3 is 5.97 Å². The molecule has 0 aromatic rings. The topological polar surface area (TPSA) is 52.6 Å². The lowest BCUT2D eigenvalue weighted by Gasteiger charge is -2.13. The Bertz CT molecular complexity index is 168. The van der Waals surface area contributed by atoms with Crippen molar-refractivity contribution >= 4 is 12.3 Å². The summed E-state index contributed by atoms with van der Waals surface area (Å²) >= 11 is 0. The number of hydrogen-bond donors (Lipinski definition) is 0. The summed E-state index contributed by atoms with van der Waals surface area (Å²) in [6.45, 7) is 2.64. The van der Waals surface area contributed by atoms with Gasteiger partial charge in [0.1, 0.15) is 6.29 Å². The molecule has 0 N–H and O–H groups in total. The highest BCUT2D eigenvalue weighted by Gasteiger charge is 2.13. The highest BCUT2D eigenvalue weighted by molar-refractivity contribution is 5.70. The number of ether oxygens (including phenoxy) is 2. The summed E-state index contributed by atoms with van der Waals surface area (Å²) in [6.07, 6.45) is 2.81. The molecule has 1 atom stereocenters. The molecule has 0 amide bonds. The van der Waals surface area contributed by atoms with E-state index >= 15 is 0 Å². The summed E-state index contributed by atoms with van der Waals surface area (Å²) < 4.78 is 9.86. The third-order valence-corrected chi connectivity index (χ3v) is 1.83. The molecule has 0 saturated heterocycles. The Hall–Kier alpha value is -0.900. The highest BCUT2D eigenvalue weighted by Crippen LogP contribution is 2.05. The van der Waals surface area contributed by atoms with Crippen molar-refractivity contribution in [1.29, 1.82) is 0 Å². The van der Waals surface area contributed by atoms with Crippen LogP contribution in [0.3, 0.4) is 0 Å². The van der Waals surface area contributed by atoms with Gasteiger partial charge in [-0.2, -0.15) is 0 Å². The minimum atomic E-state index is -0.339. The first kappa shape index (κ1) is 13.1. The fourth-order valence-electron chi connectivity index (χ4n) is 0.981. The number of esters is 1. The Morgan fingerprint density at radius 3 is 2.71 bits per heavy atom. The van der Waals surface area contributed by atoms with E-state index in [2.05, 4.69) is 11.7 Å². The lowest BCUT2D eigenvalue weighted by atomic mass is 10.2. The summed E-state index contributed by atoms with van der Waals surface area (Å²) in [5.41, 5.74) is 0. The third-order valence-electron chi connectivity index (χ3n) is 1.83. The zero-order valence-electron chi connectivity index (χ0n) is 8.82. The number of unbranched alkanes of at least 4 members (excludes halogenated alkanes) is 1. The standard InChI is InChI=1S/C10H18O4/c1-3-4-7-14-9(5-6-11)8-10(12)13-2/h6,9H,3-5,7-8H2,1-2H3. The monoisotopic (exact) mass is 202 g/mol. The van der Waals surface area contributed by atoms with Gasteiger partial charge in [0, 0.05) is 13.0 Å². The number of methoxy groups -OCH3 is 1. The zero-order chi connectivity index (χ0) is 10.8. The minimum absolute atomic E-state index is 0.152. The van der Waals surface area contributed by atoms with E-state index < -0.39 is 0 Å². The van der Waals surface area contributed by atoms with Crippen LogP contribution in [0.2, 0.25) is 0 Å². The van der Waals surface area contributed by atoms with Crippen molar-refractivity contribution in [2.24, 2.45) is 0 Å². The fraction of sp³-hybridized carbons (Fsp3) is 0.800. The van der Waals surface area contributed by atoms with E-state index in [4.69, 9.17) is 4.74 Å². The van der Waals surface area contributed by atoms with Crippen LogP contribution in [0.15, 0.2) is 0 Å². The Labute approximate surface area is 84.6 Å². The predicted molar refractivity (Wildman–Crippen MR) is 52.0 cm³/mol. The number of rotatable bonds is 8. The molecule has 0 aliphatic heterocycles. The van der Waals surface area contributed by atoms with E-state index in [1.165, 1.54) is 7.11 Å². The van der Waals surface area contributed by atoms with E-state index in [1.807, 2.05) is 0 Å². The van der Waals surface area contributed by atoms with Crippen LogP contribution in [0, 0.1) is 0 Å². The largest absolute Gasteiger partial charge is 0.469 e. The molecular formula is C10H18O4. The second-order valence-electron chi connectivity index (χ2n) is 3.03. The van der Waals surface area contributed by atoms with E-state index in [1.54, 1.807) is 0 Å². The fourth-order valence-corrected chi connectivity index (χ4v) is 0.981. The van der Waals surface area contributed by atoms with Crippen molar-refractivity contribution in [2.75, 3.05) is 13.7 Å². The van der Waals surface area contributed by atoms with Crippen LogP contribution in [-0.4, -0.2) is 32.1 Å². The maximum atomic E-state index is 10.9. The molecule has 0 saturated carbocycles. The third kappa shape index (κ3) is 6.60. The van der Waals surface area contributed by atoms with Gasteiger partial charge in [0.2, 0.25) is 0 Å². The van der Waals surface area contributed by atoms with Crippen molar-refractivity contribution in [3.05, 3.63) is 0 Å². The van der Waals surface area contributed by atoms with Gasteiger partial charge in [-0.05, 0) is 6.42 Å². The summed E-state index contributed by atoms with van der Waals surface area (Å²) in [7, 11) is 1.33. The van der Waals surface area contributed by atoms with Crippen LogP contribution in [0.25, 0.3) is 0 Å². The second-order valence-corrected chi connectivity index (χ2v) is 3.03. The quantitative estimate of drug-likeness (QED) is 0.338.